The van der Waals surface area contributed by atoms with Crippen LogP contribution in [-0.4, -0.2) is 31.2 Å². The number of pyridine rings is 1. The Balaban J connectivity index is 1.91. The maximum Gasteiger partial charge on any atom is 0.252 e. The Morgan fingerprint density at radius 2 is 2.18 bits per heavy atom. The molecule has 0 saturated heterocycles. The van der Waals surface area contributed by atoms with E-state index >= 15 is 0 Å². The number of methoxy groups -OCH3 is 1. The highest BCUT2D eigenvalue weighted by atomic mass is 79.9. The number of carbonyl (C=O) groups is 1. The molecule has 22 heavy (non-hydrogen) atoms. The molecule has 1 amide bonds. The van der Waals surface area contributed by atoms with Gasteiger partial charge in [0.05, 0.1) is 5.56 Å². The van der Waals surface area contributed by atoms with Crippen LogP contribution in [-0.2, 0) is 4.74 Å². The van der Waals surface area contributed by atoms with Gasteiger partial charge in [0, 0.05) is 36.6 Å². The van der Waals surface area contributed by atoms with Gasteiger partial charge in [0.25, 0.3) is 5.91 Å². The lowest BCUT2D eigenvalue weighted by Crippen LogP contribution is -2.25. The summed E-state index contributed by atoms with van der Waals surface area (Å²) in [6.45, 7) is 1.22. The van der Waals surface area contributed by atoms with Crippen molar-refractivity contribution in [1.82, 2.24) is 10.3 Å². The van der Waals surface area contributed by atoms with Crippen LogP contribution in [0.3, 0.4) is 0 Å². The summed E-state index contributed by atoms with van der Waals surface area (Å²) in [4.78, 5) is 16.2. The van der Waals surface area contributed by atoms with E-state index in [1.807, 2.05) is 24.3 Å². The predicted octanol–water partition coefficient (Wildman–Crippen LogP) is 3.35. The van der Waals surface area contributed by atoms with Crippen molar-refractivity contribution < 1.29 is 9.53 Å². The standard InChI is InChI=1S/C16H18BrN3O2/c1-22-9-3-8-18-16(21)12-6-7-15(19-11-12)20-14-5-2-4-13(17)10-14/h2,4-7,10-11H,3,8-9H2,1H3,(H,18,21)(H,19,20). The van der Waals surface area contributed by atoms with Crippen LogP contribution in [0.4, 0.5) is 11.5 Å². The number of nitrogens with one attached hydrogen (secondary N) is 2. The lowest BCUT2D eigenvalue weighted by Gasteiger charge is -2.07. The maximum absolute atomic E-state index is 11.9. The molecular weight excluding hydrogens is 346 g/mol. The third-order valence-electron chi connectivity index (χ3n) is 2.93. The molecule has 2 N–H and O–H groups in total. The van der Waals surface area contributed by atoms with Gasteiger partial charge in [-0.3, -0.25) is 4.79 Å². The molecule has 2 aromatic rings. The zero-order valence-electron chi connectivity index (χ0n) is 12.3. The van der Waals surface area contributed by atoms with E-state index in [0.29, 0.717) is 24.5 Å². The summed E-state index contributed by atoms with van der Waals surface area (Å²) in [5.41, 5.74) is 1.47. The first-order valence-corrected chi connectivity index (χ1v) is 7.74. The quantitative estimate of drug-likeness (QED) is 0.740. The first-order valence-electron chi connectivity index (χ1n) is 6.95. The summed E-state index contributed by atoms with van der Waals surface area (Å²) in [6.07, 6.45) is 2.35. The van der Waals surface area contributed by atoms with Crippen LogP contribution < -0.4 is 10.6 Å². The molecule has 0 aliphatic carbocycles. The summed E-state index contributed by atoms with van der Waals surface area (Å²) >= 11 is 3.42. The normalized spacial score (nSPS) is 10.3. The Kier molecular flexibility index (Phi) is 6.36. The molecule has 0 fully saturated rings. The van der Waals surface area contributed by atoms with Crippen LogP contribution in [0.15, 0.2) is 47.1 Å². The molecule has 0 saturated carbocycles. The van der Waals surface area contributed by atoms with Crippen molar-refractivity contribution in [3.05, 3.63) is 52.6 Å². The van der Waals surface area contributed by atoms with Crippen molar-refractivity contribution in [3.63, 3.8) is 0 Å². The Morgan fingerprint density at radius 3 is 2.86 bits per heavy atom. The van der Waals surface area contributed by atoms with Crippen LogP contribution in [0.5, 0.6) is 0 Å². The van der Waals surface area contributed by atoms with E-state index in [4.69, 9.17) is 4.74 Å². The predicted molar refractivity (Wildman–Crippen MR) is 90.5 cm³/mol. The van der Waals surface area contributed by atoms with Gasteiger partial charge < -0.3 is 15.4 Å². The molecule has 1 heterocycles. The van der Waals surface area contributed by atoms with Gasteiger partial charge in [-0.15, -0.1) is 0 Å². The van der Waals surface area contributed by atoms with E-state index in [-0.39, 0.29) is 5.91 Å². The molecule has 0 unspecified atom stereocenters. The van der Waals surface area contributed by atoms with Crippen LogP contribution in [0.1, 0.15) is 16.8 Å². The van der Waals surface area contributed by atoms with E-state index in [1.165, 1.54) is 0 Å². The number of benzene rings is 1. The van der Waals surface area contributed by atoms with E-state index in [9.17, 15) is 4.79 Å². The minimum Gasteiger partial charge on any atom is -0.385 e. The van der Waals surface area contributed by atoms with Crippen LogP contribution in [0, 0.1) is 0 Å². The molecule has 5 nitrogen and oxygen atoms in total. The minimum absolute atomic E-state index is 0.127. The highest BCUT2D eigenvalue weighted by molar-refractivity contribution is 9.10. The summed E-state index contributed by atoms with van der Waals surface area (Å²) in [5, 5.41) is 6.01. The fourth-order valence-electron chi connectivity index (χ4n) is 1.84. The lowest BCUT2D eigenvalue weighted by atomic mass is 10.2. The van der Waals surface area contributed by atoms with Gasteiger partial charge in [0.15, 0.2) is 0 Å². The largest absolute Gasteiger partial charge is 0.385 e. The number of amides is 1. The topological polar surface area (TPSA) is 63.2 Å². The first-order chi connectivity index (χ1) is 10.7. The highest BCUT2D eigenvalue weighted by Crippen LogP contribution is 2.19. The van der Waals surface area contributed by atoms with Gasteiger partial charge in [-0.05, 0) is 36.8 Å². The fourth-order valence-corrected chi connectivity index (χ4v) is 2.24. The van der Waals surface area contributed by atoms with E-state index in [2.05, 4.69) is 31.5 Å². The lowest BCUT2D eigenvalue weighted by molar-refractivity contribution is 0.0948. The number of nitrogens with zero attached hydrogens (tertiary/aromatic N) is 1. The number of rotatable bonds is 7. The SMILES string of the molecule is COCCCNC(=O)c1ccc(Nc2cccc(Br)c2)nc1. The van der Waals surface area contributed by atoms with Crippen molar-refractivity contribution >= 4 is 33.3 Å². The molecule has 0 aliphatic heterocycles. The Bertz CT molecular complexity index is 617. The van der Waals surface area contributed by atoms with Crippen LogP contribution in [0.25, 0.3) is 0 Å². The summed E-state index contributed by atoms with van der Waals surface area (Å²) < 4.78 is 5.93. The van der Waals surface area contributed by atoms with Gasteiger partial charge in [0.2, 0.25) is 0 Å². The zero-order valence-corrected chi connectivity index (χ0v) is 13.9. The molecule has 0 aliphatic rings. The zero-order chi connectivity index (χ0) is 15.8. The summed E-state index contributed by atoms with van der Waals surface area (Å²) in [6, 6.07) is 11.3. The van der Waals surface area contributed by atoms with Crippen molar-refractivity contribution in [3.8, 4) is 0 Å². The first kappa shape index (κ1) is 16.5. The van der Waals surface area contributed by atoms with Crippen LogP contribution >= 0.6 is 15.9 Å². The number of anilines is 2. The number of aromatic nitrogens is 1. The fraction of sp³-hybridized carbons (Fsp3) is 0.250. The molecule has 0 spiro atoms. The number of hydrogen-bond acceptors (Lipinski definition) is 4. The molecule has 2 rings (SSSR count). The van der Waals surface area contributed by atoms with Gasteiger partial charge >= 0.3 is 0 Å². The average Bonchev–Trinajstić information content (AvgIpc) is 2.52. The molecule has 1 aromatic heterocycles. The third-order valence-corrected chi connectivity index (χ3v) is 3.43. The van der Waals surface area contributed by atoms with Gasteiger partial charge in [0.1, 0.15) is 5.82 Å². The molecule has 116 valence electrons. The van der Waals surface area contributed by atoms with Gasteiger partial charge in [-0.2, -0.15) is 0 Å². The molecule has 0 bridgehead atoms. The Labute approximate surface area is 138 Å². The van der Waals surface area contributed by atoms with Gasteiger partial charge in [-0.25, -0.2) is 4.98 Å². The van der Waals surface area contributed by atoms with E-state index < -0.39 is 0 Å². The molecule has 0 radical (unpaired) electrons. The average molecular weight is 364 g/mol. The van der Waals surface area contributed by atoms with E-state index in [0.717, 1.165) is 16.6 Å². The Hall–Kier alpha value is -1.92. The molecule has 6 heteroatoms. The molecule has 1 aromatic carbocycles. The number of ether oxygens (including phenoxy) is 1. The van der Waals surface area contributed by atoms with Crippen molar-refractivity contribution in [2.45, 2.75) is 6.42 Å². The van der Waals surface area contributed by atoms with Crippen molar-refractivity contribution in [1.29, 1.82) is 0 Å². The van der Waals surface area contributed by atoms with Crippen molar-refractivity contribution in [2.75, 3.05) is 25.6 Å². The van der Waals surface area contributed by atoms with Gasteiger partial charge in [-0.1, -0.05) is 22.0 Å². The second-order valence-corrected chi connectivity index (χ2v) is 5.59. The maximum atomic E-state index is 11.9. The summed E-state index contributed by atoms with van der Waals surface area (Å²) in [5.74, 6) is 0.562. The second-order valence-electron chi connectivity index (χ2n) is 4.67. The molecular formula is C16H18BrN3O2. The minimum atomic E-state index is -0.127. The highest BCUT2D eigenvalue weighted by Gasteiger charge is 2.05. The van der Waals surface area contributed by atoms with Crippen LogP contribution in [0.2, 0.25) is 0 Å². The summed E-state index contributed by atoms with van der Waals surface area (Å²) in [7, 11) is 1.64. The second kappa shape index (κ2) is 8.51. The van der Waals surface area contributed by atoms with Crippen molar-refractivity contribution in [2.24, 2.45) is 0 Å². The smallest absolute Gasteiger partial charge is 0.252 e. The number of carbonyl (C=O) groups excluding carboxylic acids is 1. The number of halogens is 1. The Morgan fingerprint density at radius 1 is 1.32 bits per heavy atom. The molecule has 0 atom stereocenters. The number of hydrogen-bond donors (Lipinski definition) is 2. The van der Waals surface area contributed by atoms with E-state index in [1.54, 1.807) is 25.4 Å². The third kappa shape index (κ3) is 5.13. The monoisotopic (exact) mass is 363 g/mol.